The molecule has 1 aliphatic heterocycles. The Bertz CT molecular complexity index is 1320. The molecule has 2 heterocycles. The summed E-state index contributed by atoms with van der Waals surface area (Å²) in [4.78, 5) is 57.2. The topological polar surface area (TPSA) is 134 Å². The molecule has 2 aliphatic rings. The van der Waals surface area contributed by atoms with Crippen LogP contribution >= 0.6 is 0 Å². The molecule has 0 saturated heterocycles. The molecule has 3 amide bonds. The van der Waals surface area contributed by atoms with E-state index in [4.69, 9.17) is 0 Å². The minimum absolute atomic E-state index is 0.0168. The van der Waals surface area contributed by atoms with Gasteiger partial charge in [-0.25, -0.2) is 9.37 Å². The smallest absolute Gasteiger partial charge is 0.311 e. The maximum Gasteiger partial charge on any atom is 0.311 e. The van der Waals surface area contributed by atoms with Crippen LogP contribution in [0.2, 0.25) is 0 Å². The Morgan fingerprint density at radius 1 is 1.19 bits per heavy atom. The average molecular weight is 514 g/mol. The monoisotopic (exact) mass is 513 g/mol. The van der Waals surface area contributed by atoms with Crippen molar-refractivity contribution in [3.05, 3.63) is 57.5 Å². The van der Waals surface area contributed by atoms with Gasteiger partial charge in [0.15, 0.2) is 5.69 Å². The summed E-state index contributed by atoms with van der Waals surface area (Å²) >= 11 is 0. The highest BCUT2D eigenvalue weighted by Gasteiger charge is 2.59. The van der Waals surface area contributed by atoms with Gasteiger partial charge >= 0.3 is 11.8 Å². The first-order chi connectivity index (χ1) is 17.3. The molecule has 2 aromatic rings. The van der Waals surface area contributed by atoms with Gasteiger partial charge in [0.05, 0.1) is 6.04 Å². The zero-order valence-electron chi connectivity index (χ0n) is 21.6. The number of fused-ring (bicyclic) bond motifs is 3. The summed E-state index contributed by atoms with van der Waals surface area (Å²) in [5, 5.41) is 16.1. The number of hydrogen-bond donors (Lipinski definition) is 3. The van der Waals surface area contributed by atoms with Crippen molar-refractivity contribution in [3.8, 4) is 5.75 Å². The minimum atomic E-state index is -0.872. The van der Waals surface area contributed by atoms with Crippen LogP contribution in [-0.2, 0) is 22.7 Å². The predicted octanol–water partition coefficient (Wildman–Crippen LogP) is 1.72. The van der Waals surface area contributed by atoms with Crippen molar-refractivity contribution in [1.29, 1.82) is 0 Å². The number of carbonyl (C=O) groups excluding carboxylic acids is 3. The molecule has 3 atom stereocenters. The van der Waals surface area contributed by atoms with E-state index in [1.165, 1.54) is 42.9 Å². The summed E-state index contributed by atoms with van der Waals surface area (Å²) in [6, 6.07) is 4.64. The molecule has 1 saturated carbocycles. The quantitative estimate of drug-likeness (QED) is 0.533. The molecule has 0 radical (unpaired) electrons. The lowest BCUT2D eigenvalue weighted by atomic mass is 9.62. The second-order valence-corrected chi connectivity index (χ2v) is 10.9. The number of likely N-dealkylation sites (N-methyl/N-ethyl adjacent to an activating group) is 1. The van der Waals surface area contributed by atoms with Crippen LogP contribution in [0.1, 0.15) is 61.5 Å². The van der Waals surface area contributed by atoms with Crippen LogP contribution < -0.4 is 16.2 Å². The third-order valence-corrected chi connectivity index (χ3v) is 8.44. The number of halogens is 1. The summed E-state index contributed by atoms with van der Waals surface area (Å²) in [5.41, 5.74) is -1.62. The number of nitrogens with one attached hydrogen (secondary N) is 2. The number of aromatic nitrogens is 2. The molecule has 0 unspecified atom stereocenters. The second kappa shape index (κ2) is 9.28. The minimum Gasteiger partial charge on any atom is -0.501 e. The van der Waals surface area contributed by atoms with E-state index in [0.29, 0.717) is 12.0 Å². The van der Waals surface area contributed by atoms with Crippen LogP contribution in [0.25, 0.3) is 0 Å². The van der Waals surface area contributed by atoms with Gasteiger partial charge < -0.3 is 20.6 Å². The number of nitrogens with zero attached hydrogens (tertiary/aromatic N) is 3. The highest BCUT2D eigenvalue weighted by Crippen LogP contribution is 2.62. The normalized spacial score (nSPS) is 23.5. The SMILES string of the molecule is CN(C)C(=O)C(=O)N[C@H]1c2nc(C(=O)NCc3ccc(F)cc3)c(O)c(=O)n2C[C@H]2CC[C@]1(C)C2(C)C. The molecule has 4 rings (SSSR count). The number of benzene rings is 1. The fraction of sp³-hybridized carbons (Fsp3) is 0.500. The molecule has 11 heteroatoms. The van der Waals surface area contributed by atoms with Crippen LogP contribution in [0.3, 0.4) is 0 Å². The summed E-state index contributed by atoms with van der Waals surface area (Å²) in [5.74, 6) is -3.46. The Hall–Kier alpha value is -3.76. The molecular weight excluding hydrogens is 481 g/mol. The number of hydrogen-bond acceptors (Lipinski definition) is 6. The standard InChI is InChI=1S/C26H32FN5O5/c1-25(2)15-10-11-26(25,3)19(30-22(35)24(37)31(4)5)20-29-17(18(33)23(36)32(20)13-15)21(34)28-12-14-6-8-16(27)9-7-14/h6-9,15,19,33H,10-13H2,1-5H3,(H,28,34)(H,30,35)/t15-,19+,26+/m1/s1. The van der Waals surface area contributed by atoms with Crippen molar-refractivity contribution in [1.82, 2.24) is 25.1 Å². The average Bonchev–Trinajstić information content (AvgIpc) is 3.04. The maximum absolute atomic E-state index is 13.3. The van der Waals surface area contributed by atoms with Crippen molar-refractivity contribution in [2.45, 2.75) is 52.7 Å². The summed E-state index contributed by atoms with van der Waals surface area (Å²) < 4.78 is 14.5. The highest BCUT2D eigenvalue weighted by molar-refractivity contribution is 6.34. The van der Waals surface area contributed by atoms with Crippen LogP contribution in [0.15, 0.2) is 29.1 Å². The molecule has 10 nitrogen and oxygen atoms in total. The lowest BCUT2D eigenvalue weighted by molar-refractivity contribution is -0.145. The van der Waals surface area contributed by atoms with E-state index < -0.39 is 52.0 Å². The van der Waals surface area contributed by atoms with Crippen LogP contribution in [0, 0.1) is 22.6 Å². The molecule has 37 heavy (non-hydrogen) atoms. The molecular formula is C26H32FN5O5. The molecule has 1 aromatic heterocycles. The zero-order chi connectivity index (χ0) is 27.3. The molecule has 1 aromatic carbocycles. The Kier molecular flexibility index (Phi) is 6.60. The molecule has 1 aliphatic carbocycles. The van der Waals surface area contributed by atoms with E-state index in [2.05, 4.69) is 29.5 Å². The molecule has 0 spiro atoms. The van der Waals surface area contributed by atoms with Gasteiger partial charge in [-0.05, 0) is 41.9 Å². The van der Waals surface area contributed by atoms with E-state index in [9.17, 15) is 28.7 Å². The summed E-state index contributed by atoms with van der Waals surface area (Å²) in [6.07, 6.45) is 1.48. The number of carbonyl (C=O) groups is 3. The molecule has 3 N–H and O–H groups in total. The Balaban J connectivity index is 1.78. The fourth-order valence-electron chi connectivity index (χ4n) is 5.57. The first-order valence-corrected chi connectivity index (χ1v) is 12.2. The third kappa shape index (κ3) is 4.36. The van der Waals surface area contributed by atoms with Gasteiger partial charge in [-0.15, -0.1) is 0 Å². The Morgan fingerprint density at radius 2 is 1.84 bits per heavy atom. The first-order valence-electron chi connectivity index (χ1n) is 12.2. The van der Waals surface area contributed by atoms with Crippen molar-refractivity contribution in [2.75, 3.05) is 14.1 Å². The zero-order valence-corrected chi connectivity index (χ0v) is 21.6. The van der Waals surface area contributed by atoms with E-state index in [-0.39, 0.29) is 30.2 Å². The summed E-state index contributed by atoms with van der Waals surface area (Å²) in [6.45, 7) is 6.38. The Labute approximate surface area is 213 Å². The fourth-order valence-corrected chi connectivity index (χ4v) is 5.57. The number of aromatic hydroxyl groups is 1. The van der Waals surface area contributed by atoms with E-state index in [1.54, 1.807) is 0 Å². The van der Waals surface area contributed by atoms with Crippen molar-refractivity contribution in [3.63, 3.8) is 0 Å². The lowest BCUT2D eigenvalue weighted by Crippen LogP contribution is -2.50. The molecule has 2 bridgehead atoms. The maximum atomic E-state index is 13.3. The van der Waals surface area contributed by atoms with Crippen LogP contribution in [0.5, 0.6) is 5.75 Å². The van der Waals surface area contributed by atoms with Gasteiger partial charge in [0, 0.05) is 32.6 Å². The number of rotatable bonds is 4. The van der Waals surface area contributed by atoms with Crippen molar-refractivity contribution >= 4 is 17.7 Å². The van der Waals surface area contributed by atoms with E-state index in [0.717, 1.165) is 11.3 Å². The second-order valence-electron chi connectivity index (χ2n) is 10.9. The van der Waals surface area contributed by atoms with Crippen molar-refractivity contribution < 1.29 is 23.9 Å². The van der Waals surface area contributed by atoms with Gasteiger partial charge in [-0.2, -0.15) is 0 Å². The molecule has 1 fully saturated rings. The van der Waals surface area contributed by atoms with Gasteiger partial charge in [-0.3, -0.25) is 23.7 Å². The van der Waals surface area contributed by atoms with Crippen LogP contribution in [0.4, 0.5) is 4.39 Å². The van der Waals surface area contributed by atoms with Gasteiger partial charge in [-0.1, -0.05) is 32.9 Å². The van der Waals surface area contributed by atoms with Crippen molar-refractivity contribution in [2.24, 2.45) is 16.7 Å². The van der Waals surface area contributed by atoms with Crippen LogP contribution in [-0.4, -0.2) is 51.4 Å². The highest BCUT2D eigenvalue weighted by atomic mass is 19.1. The Morgan fingerprint density at radius 3 is 2.46 bits per heavy atom. The third-order valence-electron chi connectivity index (χ3n) is 8.44. The van der Waals surface area contributed by atoms with Gasteiger partial charge in [0.2, 0.25) is 5.75 Å². The predicted molar refractivity (Wildman–Crippen MR) is 132 cm³/mol. The summed E-state index contributed by atoms with van der Waals surface area (Å²) in [7, 11) is 2.93. The van der Waals surface area contributed by atoms with E-state index >= 15 is 0 Å². The van der Waals surface area contributed by atoms with E-state index in [1.807, 2.05) is 6.92 Å². The largest absolute Gasteiger partial charge is 0.501 e. The number of amides is 3. The lowest BCUT2D eigenvalue weighted by Gasteiger charge is -2.44. The van der Waals surface area contributed by atoms with Gasteiger partial charge in [0.1, 0.15) is 11.6 Å². The first kappa shape index (κ1) is 26.3. The van der Waals surface area contributed by atoms with Gasteiger partial charge in [0.25, 0.3) is 11.5 Å². The molecule has 198 valence electrons.